The minimum Gasteiger partial charge on any atom is -0.494 e. The molecule has 138 valence electrons. The Hall–Kier alpha value is -2.63. The lowest BCUT2D eigenvalue weighted by atomic mass is 10.2. The van der Waals surface area contributed by atoms with Gasteiger partial charge >= 0.3 is 0 Å². The van der Waals surface area contributed by atoms with Crippen molar-refractivity contribution in [3.8, 4) is 11.8 Å². The van der Waals surface area contributed by atoms with E-state index in [9.17, 15) is 4.79 Å². The van der Waals surface area contributed by atoms with Crippen LogP contribution in [0.4, 0.5) is 0 Å². The van der Waals surface area contributed by atoms with Crippen molar-refractivity contribution in [2.24, 2.45) is 0 Å². The monoisotopic (exact) mass is 357 g/mol. The Morgan fingerprint density at radius 3 is 2.92 bits per heavy atom. The summed E-state index contributed by atoms with van der Waals surface area (Å²) in [6.45, 7) is 5.08. The largest absolute Gasteiger partial charge is 0.494 e. The van der Waals surface area contributed by atoms with Gasteiger partial charge in [0, 0.05) is 31.6 Å². The molecule has 8 nitrogen and oxygen atoms in total. The number of nitriles is 1. The lowest BCUT2D eigenvalue weighted by molar-refractivity contribution is 0.0361. The molecule has 1 saturated heterocycles. The molecule has 1 aliphatic heterocycles. The fourth-order valence-electron chi connectivity index (χ4n) is 3.08. The van der Waals surface area contributed by atoms with Gasteiger partial charge in [0.1, 0.15) is 11.3 Å². The number of para-hydroxylation sites is 1. The van der Waals surface area contributed by atoms with Crippen molar-refractivity contribution in [1.29, 1.82) is 5.26 Å². The summed E-state index contributed by atoms with van der Waals surface area (Å²) in [7, 11) is 1.61. The number of morpholine rings is 1. The quantitative estimate of drug-likeness (QED) is 0.744. The molecular weight excluding hydrogens is 334 g/mol. The van der Waals surface area contributed by atoms with Gasteiger partial charge in [0.15, 0.2) is 5.69 Å². The molecule has 0 atom stereocenters. The third-order valence-electron chi connectivity index (χ3n) is 4.42. The number of nitrogens with one attached hydrogen (secondary N) is 1. The van der Waals surface area contributed by atoms with E-state index in [4.69, 9.17) is 14.7 Å². The topological polar surface area (TPSA) is 92.4 Å². The van der Waals surface area contributed by atoms with Crippen molar-refractivity contribution in [2.75, 3.05) is 46.5 Å². The lowest BCUT2D eigenvalue weighted by Crippen LogP contribution is -2.38. The third-order valence-corrected chi connectivity index (χ3v) is 4.42. The zero-order valence-electron chi connectivity index (χ0n) is 14.9. The van der Waals surface area contributed by atoms with E-state index >= 15 is 0 Å². The first-order valence-electron chi connectivity index (χ1n) is 8.73. The molecule has 1 fully saturated rings. The maximum Gasteiger partial charge on any atom is 0.272 e. The third kappa shape index (κ3) is 3.95. The van der Waals surface area contributed by atoms with E-state index < -0.39 is 0 Å². The van der Waals surface area contributed by atoms with Gasteiger partial charge in [0.25, 0.3) is 5.91 Å². The summed E-state index contributed by atoms with van der Waals surface area (Å²) in [5.74, 6) is 0.414. The summed E-state index contributed by atoms with van der Waals surface area (Å²) < 4.78 is 12.7. The number of aromatic nitrogens is 2. The second-order valence-electron chi connectivity index (χ2n) is 6.05. The average molecular weight is 357 g/mol. The number of methoxy groups -OCH3 is 1. The van der Waals surface area contributed by atoms with Gasteiger partial charge in [-0.25, -0.2) is 0 Å². The van der Waals surface area contributed by atoms with E-state index in [1.54, 1.807) is 7.11 Å². The molecule has 1 amide bonds. The van der Waals surface area contributed by atoms with Crippen LogP contribution in [0.25, 0.3) is 10.9 Å². The fraction of sp³-hybridized carbons (Fsp3) is 0.500. The van der Waals surface area contributed by atoms with Crippen molar-refractivity contribution in [1.82, 2.24) is 20.0 Å². The molecule has 2 aromatic rings. The first kappa shape index (κ1) is 18.2. The highest BCUT2D eigenvalue weighted by Crippen LogP contribution is 2.28. The summed E-state index contributed by atoms with van der Waals surface area (Å²) in [5, 5.41) is 16.7. The molecule has 3 rings (SSSR count). The molecule has 2 heterocycles. The Balaban J connectivity index is 1.86. The van der Waals surface area contributed by atoms with E-state index in [1.807, 2.05) is 29.0 Å². The minimum atomic E-state index is -0.274. The molecule has 0 saturated carbocycles. The van der Waals surface area contributed by atoms with Crippen LogP contribution in [0.5, 0.6) is 5.75 Å². The predicted molar refractivity (Wildman–Crippen MR) is 96.1 cm³/mol. The van der Waals surface area contributed by atoms with Crippen molar-refractivity contribution in [3.63, 3.8) is 0 Å². The van der Waals surface area contributed by atoms with Crippen molar-refractivity contribution in [2.45, 2.75) is 13.0 Å². The van der Waals surface area contributed by atoms with E-state index in [2.05, 4.69) is 15.3 Å². The van der Waals surface area contributed by atoms with Crippen LogP contribution in [0, 0.1) is 11.3 Å². The summed E-state index contributed by atoms with van der Waals surface area (Å²) >= 11 is 0. The Morgan fingerprint density at radius 1 is 1.38 bits per heavy atom. The second kappa shape index (κ2) is 8.65. The van der Waals surface area contributed by atoms with Gasteiger partial charge in [-0.15, -0.1) is 0 Å². The van der Waals surface area contributed by atoms with E-state index in [0.29, 0.717) is 24.5 Å². The van der Waals surface area contributed by atoms with E-state index in [0.717, 1.165) is 43.8 Å². The van der Waals surface area contributed by atoms with Crippen LogP contribution in [0.15, 0.2) is 18.2 Å². The van der Waals surface area contributed by atoms with Gasteiger partial charge in [-0.1, -0.05) is 12.1 Å². The Morgan fingerprint density at radius 2 is 2.19 bits per heavy atom. The molecule has 0 spiro atoms. The highest BCUT2D eigenvalue weighted by Gasteiger charge is 2.20. The lowest BCUT2D eigenvalue weighted by Gasteiger charge is -2.26. The van der Waals surface area contributed by atoms with Crippen LogP contribution in [0.2, 0.25) is 0 Å². The van der Waals surface area contributed by atoms with Crippen LogP contribution in [-0.4, -0.2) is 67.1 Å². The standard InChI is InChI=1S/C18H23N5O3/c1-25-15-5-2-4-14-16(18(24)20-7-3-6-19)21-23(17(14)15)9-8-22-10-12-26-13-11-22/h2,4-5H,3,7-13H2,1H3,(H,20,24). The van der Waals surface area contributed by atoms with Gasteiger partial charge in [-0.05, 0) is 6.07 Å². The van der Waals surface area contributed by atoms with Crippen LogP contribution < -0.4 is 10.1 Å². The minimum absolute atomic E-state index is 0.269. The molecule has 0 unspecified atom stereocenters. The summed E-state index contributed by atoms with van der Waals surface area (Å²) in [6, 6.07) is 7.60. The van der Waals surface area contributed by atoms with Crippen molar-refractivity contribution < 1.29 is 14.3 Å². The number of amides is 1. The zero-order valence-corrected chi connectivity index (χ0v) is 14.9. The number of carbonyl (C=O) groups is 1. The maximum absolute atomic E-state index is 12.5. The van der Waals surface area contributed by atoms with Crippen molar-refractivity contribution >= 4 is 16.8 Å². The fourth-order valence-corrected chi connectivity index (χ4v) is 3.08. The number of carbonyl (C=O) groups excluding carboxylic acids is 1. The number of hydrogen-bond donors (Lipinski definition) is 1. The zero-order chi connectivity index (χ0) is 18.4. The Kier molecular flexibility index (Phi) is 6.04. The molecule has 26 heavy (non-hydrogen) atoms. The van der Waals surface area contributed by atoms with Gasteiger partial charge in [-0.2, -0.15) is 10.4 Å². The van der Waals surface area contributed by atoms with Crippen LogP contribution in [0.3, 0.4) is 0 Å². The van der Waals surface area contributed by atoms with E-state index in [1.165, 1.54) is 0 Å². The number of hydrogen-bond acceptors (Lipinski definition) is 6. The molecule has 1 aromatic carbocycles. The summed E-state index contributed by atoms with van der Waals surface area (Å²) in [4.78, 5) is 14.8. The van der Waals surface area contributed by atoms with Gasteiger partial charge < -0.3 is 14.8 Å². The number of nitrogens with zero attached hydrogens (tertiary/aromatic N) is 4. The Labute approximate surface area is 152 Å². The first-order valence-corrected chi connectivity index (χ1v) is 8.73. The molecule has 1 N–H and O–H groups in total. The molecule has 0 radical (unpaired) electrons. The van der Waals surface area contributed by atoms with Gasteiger partial charge in [0.2, 0.25) is 0 Å². The molecular formula is C18H23N5O3. The predicted octanol–water partition coefficient (Wildman–Crippen LogP) is 1.02. The van der Waals surface area contributed by atoms with Crippen LogP contribution in [-0.2, 0) is 11.3 Å². The Bertz CT molecular complexity index is 805. The molecule has 0 aliphatic carbocycles. The smallest absolute Gasteiger partial charge is 0.272 e. The second-order valence-corrected chi connectivity index (χ2v) is 6.05. The maximum atomic E-state index is 12.5. The molecule has 1 aromatic heterocycles. The highest BCUT2D eigenvalue weighted by molar-refractivity contribution is 6.06. The number of benzene rings is 1. The number of fused-ring (bicyclic) bond motifs is 1. The van der Waals surface area contributed by atoms with E-state index in [-0.39, 0.29) is 12.3 Å². The van der Waals surface area contributed by atoms with Crippen LogP contribution in [0.1, 0.15) is 16.9 Å². The van der Waals surface area contributed by atoms with Crippen molar-refractivity contribution in [3.05, 3.63) is 23.9 Å². The molecule has 1 aliphatic rings. The number of ether oxygens (including phenoxy) is 2. The number of rotatable bonds is 7. The molecule has 0 bridgehead atoms. The first-order chi connectivity index (χ1) is 12.7. The molecule has 8 heteroatoms. The summed E-state index contributed by atoms with van der Waals surface area (Å²) in [5.41, 5.74) is 1.17. The van der Waals surface area contributed by atoms with Gasteiger partial charge in [-0.3, -0.25) is 14.4 Å². The normalized spacial score (nSPS) is 14.9. The SMILES string of the molecule is COc1cccc2c(C(=O)NCCC#N)nn(CCN3CCOCC3)c12. The van der Waals surface area contributed by atoms with Crippen LogP contribution >= 0.6 is 0 Å². The van der Waals surface area contributed by atoms with Gasteiger partial charge in [0.05, 0.1) is 39.4 Å². The highest BCUT2D eigenvalue weighted by atomic mass is 16.5. The summed E-state index contributed by atoms with van der Waals surface area (Å²) in [6.07, 6.45) is 0.269. The average Bonchev–Trinajstić information content (AvgIpc) is 3.06.